The molecule has 1 aliphatic heterocycles. The van der Waals surface area contributed by atoms with Crippen LogP contribution in [0.1, 0.15) is 11.1 Å². The predicted octanol–water partition coefficient (Wildman–Crippen LogP) is 2.17. The first-order valence-corrected chi connectivity index (χ1v) is 7.71. The van der Waals surface area contributed by atoms with Crippen LogP contribution < -0.4 is 0 Å². The zero-order valence-electron chi connectivity index (χ0n) is 12.0. The Bertz CT molecular complexity index is 453. The first-order chi connectivity index (χ1) is 9.06. The highest BCUT2D eigenvalue weighted by Crippen LogP contribution is 2.23. The van der Waals surface area contributed by atoms with Gasteiger partial charge in [0, 0.05) is 31.1 Å². The first-order valence-electron chi connectivity index (χ1n) is 6.72. The zero-order valence-corrected chi connectivity index (χ0v) is 12.8. The Morgan fingerprint density at radius 2 is 1.89 bits per heavy atom. The number of hydrogen-bond donors (Lipinski definition) is 0. The van der Waals surface area contributed by atoms with Crippen LogP contribution in [0, 0.1) is 13.8 Å². The van der Waals surface area contributed by atoms with Crippen LogP contribution in [0.4, 0.5) is 0 Å². The van der Waals surface area contributed by atoms with Crippen molar-refractivity contribution in [2.45, 2.75) is 18.7 Å². The lowest BCUT2D eigenvalue weighted by atomic mass is 10.2. The minimum Gasteiger partial charge on any atom is -0.339 e. The summed E-state index contributed by atoms with van der Waals surface area (Å²) in [7, 11) is 2.10. The molecule has 1 aliphatic rings. The van der Waals surface area contributed by atoms with Gasteiger partial charge < -0.3 is 9.80 Å². The van der Waals surface area contributed by atoms with Crippen LogP contribution in [0.3, 0.4) is 0 Å². The summed E-state index contributed by atoms with van der Waals surface area (Å²) < 4.78 is 0. The summed E-state index contributed by atoms with van der Waals surface area (Å²) in [5, 5.41) is 0. The molecule has 0 N–H and O–H groups in total. The number of rotatable bonds is 3. The molecule has 0 atom stereocenters. The van der Waals surface area contributed by atoms with Gasteiger partial charge in [0.05, 0.1) is 5.75 Å². The van der Waals surface area contributed by atoms with Crippen LogP contribution in [0.25, 0.3) is 0 Å². The minimum absolute atomic E-state index is 0.263. The van der Waals surface area contributed by atoms with Gasteiger partial charge in [-0.15, -0.1) is 11.8 Å². The van der Waals surface area contributed by atoms with Gasteiger partial charge in [-0.3, -0.25) is 4.79 Å². The molecule has 1 amide bonds. The fraction of sp³-hybridized carbons (Fsp3) is 0.533. The predicted molar refractivity (Wildman–Crippen MR) is 80.7 cm³/mol. The van der Waals surface area contributed by atoms with E-state index < -0.39 is 0 Å². The molecule has 0 unspecified atom stereocenters. The standard InChI is InChI=1S/C15H22N2OS/c1-12-4-5-13(2)14(10-12)19-11-15(18)17-8-6-16(3)7-9-17/h4-5,10H,6-9,11H2,1-3H3. The van der Waals surface area contributed by atoms with E-state index in [1.807, 2.05) is 4.90 Å². The monoisotopic (exact) mass is 278 g/mol. The Labute approximate surface area is 120 Å². The molecule has 0 spiro atoms. The Morgan fingerprint density at radius 3 is 2.58 bits per heavy atom. The quantitative estimate of drug-likeness (QED) is 0.792. The van der Waals surface area contributed by atoms with Gasteiger partial charge in [-0.1, -0.05) is 17.7 Å². The van der Waals surface area contributed by atoms with Crippen molar-refractivity contribution in [1.82, 2.24) is 9.80 Å². The number of hydrogen-bond acceptors (Lipinski definition) is 3. The van der Waals surface area contributed by atoms with E-state index in [0.29, 0.717) is 5.75 Å². The van der Waals surface area contributed by atoms with Crippen LogP contribution >= 0.6 is 11.8 Å². The number of carbonyl (C=O) groups is 1. The van der Waals surface area contributed by atoms with Crippen molar-refractivity contribution in [2.24, 2.45) is 0 Å². The van der Waals surface area contributed by atoms with Gasteiger partial charge in [-0.2, -0.15) is 0 Å². The lowest BCUT2D eigenvalue weighted by molar-refractivity contribution is -0.129. The van der Waals surface area contributed by atoms with Crippen LogP contribution in [0.2, 0.25) is 0 Å². The number of piperazine rings is 1. The van der Waals surface area contributed by atoms with Gasteiger partial charge in [0.25, 0.3) is 0 Å². The van der Waals surface area contributed by atoms with E-state index in [2.05, 4.69) is 44.0 Å². The van der Waals surface area contributed by atoms with Crippen molar-refractivity contribution in [3.05, 3.63) is 29.3 Å². The van der Waals surface area contributed by atoms with Gasteiger partial charge in [-0.25, -0.2) is 0 Å². The molecule has 4 heteroatoms. The summed E-state index contributed by atoms with van der Waals surface area (Å²) in [6, 6.07) is 6.40. The summed E-state index contributed by atoms with van der Waals surface area (Å²) in [6.45, 7) is 7.89. The molecule has 2 rings (SSSR count). The number of aryl methyl sites for hydroxylation is 2. The van der Waals surface area contributed by atoms with Crippen molar-refractivity contribution in [2.75, 3.05) is 39.0 Å². The average molecular weight is 278 g/mol. The van der Waals surface area contributed by atoms with Crippen LogP contribution in [-0.2, 0) is 4.79 Å². The molecule has 104 valence electrons. The number of nitrogens with zero attached hydrogens (tertiary/aromatic N) is 2. The molecule has 0 aromatic heterocycles. The molecule has 0 aliphatic carbocycles. The van der Waals surface area contributed by atoms with Crippen molar-refractivity contribution in [1.29, 1.82) is 0 Å². The molecule has 1 aromatic carbocycles. The second-order valence-electron chi connectivity index (χ2n) is 5.24. The van der Waals surface area contributed by atoms with E-state index in [1.165, 1.54) is 16.0 Å². The molecule has 1 heterocycles. The SMILES string of the molecule is Cc1ccc(C)c(SCC(=O)N2CCN(C)CC2)c1. The fourth-order valence-electron chi connectivity index (χ4n) is 2.15. The largest absolute Gasteiger partial charge is 0.339 e. The number of benzene rings is 1. The Kier molecular flexibility index (Phi) is 4.88. The maximum atomic E-state index is 12.2. The van der Waals surface area contributed by atoms with Gasteiger partial charge in [0.1, 0.15) is 0 Å². The lowest BCUT2D eigenvalue weighted by Crippen LogP contribution is -2.47. The van der Waals surface area contributed by atoms with Gasteiger partial charge in [0.15, 0.2) is 0 Å². The highest BCUT2D eigenvalue weighted by atomic mass is 32.2. The van der Waals surface area contributed by atoms with Crippen molar-refractivity contribution < 1.29 is 4.79 Å². The fourth-order valence-corrected chi connectivity index (χ4v) is 3.18. The molecule has 1 aromatic rings. The Morgan fingerprint density at radius 1 is 1.21 bits per heavy atom. The molecule has 19 heavy (non-hydrogen) atoms. The minimum atomic E-state index is 0.263. The van der Waals surface area contributed by atoms with Crippen molar-refractivity contribution in [3.8, 4) is 0 Å². The Hall–Kier alpha value is -1.00. The van der Waals surface area contributed by atoms with E-state index >= 15 is 0 Å². The molecule has 0 bridgehead atoms. The topological polar surface area (TPSA) is 23.6 Å². The molecular weight excluding hydrogens is 256 g/mol. The zero-order chi connectivity index (χ0) is 13.8. The number of carbonyl (C=O) groups excluding carboxylic acids is 1. The third kappa shape index (κ3) is 3.98. The van der Waals surface area contributed by atoms with E-state index in [-0.39, 0.29) is 5.91 Å². The van der Waals surface area contributed by atoms with E-state index in [1.54, 1.807) is 11.8 Å². The van der Waals surface area contributed by atoms with Crippen LogP contribution in [-0.4, -0.2) is 54.7 Å². The van der Waals surface area contributed by atoms with E-state index in [4.69, 9.17) is 0 Å². The third-order valence-corrected chi connectivity index (χ3v) is 4.69. The third-order valence-electron chi connectivity index (χ3n) is 3.55. The van der Waals surface area contributed by atoms with Crippen molar-refractivity contribution >= 4 is 17.7 Å². The summed E-state index contributed by atoms with van der Waals surface area (Å²) in [5.41, 5.74) is 2.50. The summed E-state index contributed by atoms with van der Waals surface area (Å²) >= 11 is 1.66. The molecule has 0 radical (unpaired) electrons. The molecule has 0 saturated carbocycles. The summed E-state index contributed by atoms with van der Waals surface area (Å²) in [4.78, 5) is 17.6. The normalized spacial score (nSPS) is 16.7. The summed E-state index contributed by atoms with van der Waals surface area (Å²) in [5.74, 6) is 0.813. The van der Waals surface area contributed by atoms with E-state index in [9.17, 15) is 4.79 Å². The number of likely N-dealkylation sites (N-methyl/N-ethyl adjacent to an activating group) is 1. The van der Waals surface area contributed by atoms with E-state index in [0.717, 1.165) is 26.2 Å². The average Bonchev–Trinajstić information content (AvgIpc) is 2.40. The highest BCUT2D eigenvalue weighted by Gasteiger charge is 2.18. The second-order valence-corrected chi connectivity index (χ2v) is 6.26. The molecule has 1 fully saturated rings. The van der Waals surface area contributed by atoms with Gasteiger partial charge in [0.2, 0.25) is 5.91 Å². The molecular formula is C15H22N2OS. The smallest absolute Gasteiger partial charge is 0.233 e. The maximum Gasteiger partial charge on any atom is 0.233 e. The van der Waals surface area contributed by atoms with Crippen molar-refractivity contribution in [3.63, 3.8) is 0 Å². The first kappa shape index (κ1) is 14.4. The lowest BCUT2D eigenvalue weighted by Gasteiger charge is -2.32. The second kappa shape index (κ2) is 6.44. The highest BCUT2D eigenvalue weighted by molar-refractivity contribution is 8.00. The number of amides is 1. The molecule has 3 nitrogen and oxygen atoms in total. The van der Waals surface area contributed by atoms with Gasteiger partial charge >= 0.3 is 0 Å². The molecule has 1 saturated heterocycles. The van der Waals surface area contributed by atoms with Crippen LogP contribution in [0.5, 0.6) is 0 Å². The Balaban J connectivity index is 1.88. The number of thioether (sulfide) groups is 1. The summed E-state index contributed by atoms with van der Waals surface area (Å²) in [6.07, 6.45) is 0. The maximum absolute atomic E-state index is 12.2. The van der Waals surface area contributed by atoms with Crippen LogP contribution in [0.15, 0.2) is 23.1 Å². The van der Waals surface area contributed by atoms with Gasteiger partial charge in [-0.05, 0) is 32.5 Å².